The highest BCUT2D eigenvalue weighted by molar-refractivity contribution is 7.89. The van der Waals surface area contributed by atoms with Crippen LogP contribution in [0.15, 0.2) is 24.3 Å². The molecule has 2 rings (SSSR count). The van der Waals surface area contributed by atoms with Crippen molar-refractivity contribution in [1.29, 1.82) is 0 Å². The number of rotatable bonds is 5. The van der Waals surface area contributed by atoms with Crippen LogP contribution in [0.25, 0.3) is 0 Å². The number of sulfonamides is 1. The molecule has 0 bridgehead atoms. The van der Waals surface area contributed by atoms with E-state index in [2.05, 4.69) is 5.32 Å². The molecule has 5 nitrogen and oxygen atoms in total. The summed E-state index contributed by atoms with van der Waals surface area (Å²) in [4.78, 5) is 12.5. The molecule has 2 atom stereocenters. The molecular weight excluding hydrogens is 312 g/mol. The van der Waals surface area contributed by atoms with Gasteiger partial charge in [-0.05, 0) is 44.7 Å². The van der Waals surface area contributed by atoms with Crippen LogP contribution in [0.1, 0.15) is 43.9 Å². The number of piperidine rings is 1. The van der Waals surface area contributed by atoms with Gasteiger partial charge in [0.25, 0.3) is 0 Å². The summed E-state index contributed by atoms with van der Waals surface area (Å²) < 4.78 is 25.5. The van der Waals surface area contributed by atoms with Crippen molar-refractivity contribution in [2.75, 3.05) is 18.8 Å². The Morgan fingerprint density at radius 2 is 2.09 bits per heavy atom. The van der Waals surface area contributed by atoms with E-state index < -0.39 is 10.0 Å². The summed E-state index contributed by atoms with van der Waals surface area (Å²) >= 11 is 0. The second kappa shape index (κ2) is 7.45. The average Bonchev–Trinajstić information content (AvgIpc) is 2.55. The van der Waals surface area contributed by atoms with Gasteiger partial charge in [0.05, 0.1) is 17.7 Å². The Kier molecular flexibility index (Phi) is 5.81. The largest absolute Gasteiger partial charge is 0.349 e. The molecule has 1 aromatic rings. The van der Waals surface area contributed by atoms with Crippen molar-refractivity contribution >= 4 is 15.9 Å². The maximum Gasteiger partial charge on any atom is 0.224 e. The molecule has 1 N–H and O–H groups in total. The molecule has 0 aliphatic carbocycles. The molecule has 128 valence electrons. The summed E-state index contributed by atoms with van der Waals surface area (Å²) in [6.07, 6.45) is 1.47. The van der Waals surface area contributed by atoms with Gasteiger partial charge in [0, 0.05) is 13.1 Å². The maximum atomic E-state index is 12.5. The van der Waals surface area contributed by atoms with Crippen LogP contribution in [-0.2, 0) is 14.8 Å². The van der Waals surface area contributed by atoms with Crippen LogP contribution in [-0.4, -0.2) is 37.5 Å². The summed E-state index contributed by atoms with van der Waals surface area (Å²) in [5, 5.41) is 3.04. The molecule has 1 aliphatic rings. The van der Waals surface area contributed by atoms with Gasteiger partial charge in [-0.1, -0.05) is 24.3 Å². The van der Waals surface area contributed by atoms with Gasteiger partial charge >= 0.3 is 0 Å². The fraction of sp³-hybridized carbons (Fsp3) is 0.588. The minimum absolute atomic E-state index is 0.0586. The molecule has 23 heavy (non-hydrogen) atoms. The lowest BCUT2D eigenvalue weighted by Crippen LogP contribution is -2.46. The number of hydrogen-bond donors (Lipinski definition) is 1. The molecule has 1 fully saturated rings. The van der Waals surface area contributed by atoms with E-state index >= 15 is 0 Å². The number of carbonyl (C=O) groups excluding carboxylic acids is 1. The molecule has 1 amide bonds. The molecule has 0 spiro atoms. The van der Waals surface area contributed by atoms with Crippen LogP contribution in [0, 0.1) is 12.8 Å². The van der Waals surface area contributed by atoms with Crippen molar-refractivity contribution in [2.24, 2.45) is 5.92 Å². The average molecular weight is 338 g/mol. The van der Waals surface area contributed by atoms with E-state index in [-0.39, 0.29) is 23.6 Å². The van der Waals surface area contributed by atoms with Gasteiger partial charge in [-0.15, -0.1) is 0 Å². The molecule has 6 heteroatoms. The van der Waals surface area contributed by atoms with Crippen LogP contribution in [0.4, 0.5) is 0 Å². The Hall–Kier alpha value is -1.40. The van der Waals surface area contributed by atoms with Gasteiger partial charge in [-0.3, -0.25) is 4.79 Å². The summed E-state index contributed by atoms with van der Waals surface area (Å²) in [6.45, 7) is 6.44. The van der Waals surface area contributed by atoms with Gasteiger partial charge in [0.1, 0.15) is 0 Å². The number of hydrogen-bond acceptors (Lipinski definition) is 3. The molecule has 1 aliphatic heterocycles. The molecule has 0 saturated carbocycles. The number of carbonyl (C=O) groups is 1. The SMILES string of the molecule is CCS(=O)(=O)N1CCC[C@@H](C(=O)N[C@H](C)c2ccccc2C)C1. The summed E-state index contributed by atoms with van der Waals surface area (Å²) in [5.74, 6) is -0.241. The zero-order chi connectivity index (χ0) is 17.0. The Balaban J connectivity index is 2.02. The second-order valence-corrected chi connectivity index (χ2v) is 8.44. The van der Waals surface area contributed by atoms with E-state index in [0.29, 0.717) is 13.1 Å². The quantitative estimate of drug-likeness (QED) is 0.895. The van der Waals surface area contributed by atoms with Crippen molar-refractivity contribution in [3.63, 3.8) is 0 Å². The van der Waals surface area contributed by atoms with E-state index in [4.69, 9.17) is 0 Å². The van der Waals surface area contributed by atoms with Gasteiger partial charge in [-0.2, -0.15) is 0 Å². The summed E-state index contributed by atoms with van der Waals surface area (Å²) in [6, 6.07) is 7.88. The van der Waals surface area contributed by atoms with E-state index in [1.54, 1.807) is 6.92 Å². The fourth-order valence-electron chi connectivity index (χ4n) is 3.07. The third-order valence-electron chi connectivity index (χ3n) is 4.53. The minimum atomic E-state index is -3.22. The maximum absolute atomic E-state index is 12.5. The Morgan fingerprint density at radius 3 is 2.74 bits per heavy atom. The van der Waals surface area contributed by atoms with E-state index in [0.717, 1.165) is 24.0 Å². The third kappa shape index (κ3) is 4.32. The third-order valence-corrected chi connectivity index (χ3v) is 6.37. The molecule has 0 unspecified atom stereocenters. The monoisotopic (exact) mass is 338 g/mol. The first-order valence-corrected chi connectivity index (χ1v) is 9.79. The van der Waals surface area contributed by atoms with E-state index in [1.165, 1.54) is 4.31 Å². The van der Waals surface area contributed by atoms with Crippen molar-refractivity contribution < 1.29 is 13.2 Å². The smallest absolute Gasteiger partial charge is 0.224 e. The first-order valence-electron chi connectivity index (χ1n) is 8.19. The topological polar surface area (TPSA) is 66.5 Å². The predicted molar refractivity (Wildman–Crippen MR) is 91.5 cm³/mol. The number of amides is 1. The normalized spacial score (nSPS) is 20.9. The lowest BCUT2D eigenvalue weighted by Gasteiger charge is -2.31. The first kappa shape index (κ1) is 17.9. The van der Waals surface area contributed by atoms with Crippen molar-refractivity contribution in [2.45, 2.75) is 39.7 Å². The number of aryl methyl sites for hydroxylation is 1. The second-order valence-electron chi connectivity index (χ2n) is 6.18. The van der Waals surface area contributed by atoms with Gasteiger partial charge in [-0.25, -0.2) is 12.7 Å². The molecule has 0 aromatic heterocycles. The number of benzene rings is 1. The Labute approximate surface area is 139 Å². The number of nitrogens with zero attached hydrogens (tertiary/aromatic N) is 1. The van der Waals surface area contributed by atoms with Crippen LogP contribution in [0.3, 0.4) is 0 Å². The van der Waals surface area contributed by atoms with Crippen LogP contribution in [0.2, 0.25) is 0 Å². The molecule has 1 saturated heterocycles. The highest BCUT2D eigenvalue weighted by Crippen LogP contribution is 2.22. The molecule has 1 aromatic carbocycles. The van der Waals surface area contributed by atoms with Crippen LogP contribution < -0.4 is 5.32 Å². The van der Waals surface area contributed by atoms with Crippen molar-refractivity contribution in [1.82, 2.24) is 9.62 Å². The van der Waals surface area contributed by atoms with E-state index in [1.807, 2.05) is 38.1 Å². The first-order chi connectivity index (χ1) is 10.8. The Bertz CT molecular complexity index is 658. The van der Waals surface area contributed by atoms with Gasteiger partial charge < -0.3 is 5.32 Å². The zero-order valence-corrected chi connectivity index (χ0v) is 14.9. The highest BCUT2D eigenvalue weighted by atomic mass is 32.2. The summed E-state index contributed by atoms with van der Waals surface area (Å²) in [5.41, 5.74) is 2.23. The lowest BCUT2D eigenvalue weighted by molar-refractivity contribution is -0.126. The van der Waals surface area contributed by atoms with Crippen molar-refractivity contribution in [3.05, 3.63) is 35.4 Å². The van der Waals surface area contributed by atoms with Crippen LogP contribution >= 0.6 is 0 Å². The molecule has 1 heterocycles. The Morgan fingerprint density at radius 1 is 1.39 bits per heavy atom. The van der Waals surface area contributed by atoms with Crippen LogP contribution in [0.5, 0.6) is 0 Å². The lowest BCUT2D eigenvalue weighted by atomic mass is 9.97. The summed E-state index contributed by atoms with van der Waals surface area (Å²) in [7, 11) is -3.22. The van der Waals surface area contributed by atoms with E-state index in [9.17, 15) is 13.2 Å². The highest BCUT2D eigenvalue weighted by Gasteiger charge is 2.31. The molecule has 0 radical (unpaired) electrons. The van der Waals surface area contributed by atoms with Gasteiger partial charge in [0.2, 0.25) is 15.9 Å². The standard InChI is InChI=1S/C17H26N2O3S/c1-4-23(21,22)19-11-7-9-15(12-19)17(20)18-14(3)16-10-6-5-8-13(16)2/h5-6,8,10,14-15H,4,7,9,11-12H2,1-3H3,(H,18,20)/t14-,15-/m1/s1. The minimum Gasteiger partial charge on any atom is -0.349 e. The number of nitrogens with one attached hydrogen (secondary N) is 1. The predicted octanol–water partition coefficient (Wildman–Crippen LogP) is 2.23. The molecular formula is C17H26N2O3S. The van der Waals surface area contributed by atoms with Crippen molar-refractivity contribution in [3.8, 4) is 0 Å². The zero-order valence-electron chi connectivity index (χ0n) is 14.1. The fourth-order valence-corrected chi connectivity index (χ4v) is 4.25. The van der Waals surface area contributed by atoms with Gasteiger partial charge in [0.15, 0.2) is 0 Å².